The molecule has 8 heteroatoms. The summed E-state index contributed by atoms with van der Waals surface area (Å²) < 4.78 is 19.6. The Hall–Kier alpha value is -4.07. The van der Waals surface area contributed by atoms with Gasteiger partial charge in [-0.2, -0.15) is 4.98 Å². The molecule has 4 rings (SSSR count). The second-order valence-corrected chi connectivity index (χ2v) is 6.65. The van der Waals surface area contributed by atoms with Crippen LogP contribution in [0.4, 0.5) is 10.1 Å². The number of para-hydroxylation sites is 1. The molecule has 0 spiro atoms. The standard InChI is InChI=1S/C22H17FN4O3/c1-14-5-2-3-7-18(14)24-19(28)13-27-12-4-6-17(22(27)29)21-25-20(26-30-21)15-8-10-16(23)11-9-15/h2-12H,13H2,1H3,(H,24,28). The van der Waals surface area contributed by atoms with Crippen LogP contribution in [0.3, 0.4) is 0 Å². The molecule has 0 unspecified atom stereocenters. The number of amides is 1. The maximum Gasteiger partial charge on any atom is 0.263 e. The zero-order chi connectivity index (χ0) is 21.1. The molecule has 4 aromatic rings. The average molecular weight is 404 g/mol. The number of anilines is 1. The van der Waals surface area contributed by atoms with Crippen molar-refractivity contribution in [2.75, 3.05) is 5.32 Å². The molecule has 30 heavy (non-hydrogen) atoms. The van der Waals surface area contributed by atoms with Gasteiger partial charge in [-0.25, -0.2) is 4.39 Å². The van der Waals surface area contributed by atoms with Crippen molar-refractivity contribution in [3.63, 3.8) is 0 Å². The second-order valence-electron chi connectivity index (χ2n) is 6.65. The number of hydrogen-bond acceptors (Lipinski definition) is 5. The van der Waals surface area contributed by atoms with Crippen molar-refractivity contribution >= 4 is 11.6 Å². The van der Waals surface area contributed by atoms with E-state index in [0.717, 1.165) is 5.56 Å². The van der Waals surface area contributed by atoms with Gasteiger partial charge in [-0.15, -0.1) is 0 Å². The van der Waals surface area contributed by atoms with Crippen molar-refractivity contribution in [2.45, 2.75) is 13.5 Å². The minimum absolute atomic E-state index is 0.0213. The average Bonchev–Trinajstić information content (AvgIpc) is 3.22. The van der Waals surface area contributed by atoms with E-state index in [1.54, 1.807) is 18.2 Å². The summed E-state index contributed by atoms with van der Waals surface area (Å²) in [5, 5.41) is 6.65. The van der Waals surface area contributed by atoms with E-state index in [1.807, 2.05) is 25.1 Å². The smallest absolute Gasteiger partial charge is 0.263 e. The van der Waals surface area contributed by atoms with E-state index in [1.165, 1.54) is 35.0 Å². The highest BCUT2D eigenvalue weighted by atomic mass is 19.1. The molecule has 150 valence electrons. The first-order valence-corrected chi connectivity index (χ1v) is 9.16. The maximum atomic E-state index is 13.1. The predicted molar refractivity (Wildman–Crippen MR) is 109 cm³/mol. The number of pyridine rings is 1. The molecule has 0 saturated carbocycles. The van der Waals surface area contributed by atoms with Crippen molar-refractivity contribution < 1.29 is 13.7 Å². The van der Waals surface area contributed by atoms with Gasteiger partial charge in [-0.1, -0.05) is 23.4 Å². The van der Waals surface area contributed by atoms with Crippen LogP contribution in [0.1, 0.15) is 5.56 Å². The Morgan fingerprint density at radius 1 is 1.10 bits per heavy atom. The van der Waals surface area contributed by atoms with E-state index in [9.17, 15) is 14.0 Å². The number of halogens is 1. The summed E-state index contributed by atoms with van der Waals surface area (Å²) >= 11 is 0. The van der Waals surface area contributed by atoms with Crippen molar-refractivity contribution in [3.8, 4) is 22.8 Å². The van der Waals surface area contributed by atoms with E-state index < -0.39 is 5.56 Å². The molecule has 2 aromatic carbocycles. The van der Waals surface area contributed by atoms with Crippen LogP contribution in [0.25, 0.3) is 22.8 Å². The molecule has 0 fully saturated rings. The molecule has 1 N–H and O–H groups in total. The number of carbonyl (C=O) groups excluding carboxylic acids is 1. The van der Waals surface area contributed by atoms with Gasteiger partial charge < -0.3 is 14.4 Å². The number of nitrogens with one attached hydrogen (secondary N) is 1. The normalized spacial score (nSPS) is 10.7. The van der Waals surface area contributed by atoms with E-state index >= 15 is 0 Å². The Balaban J connectivity index is 1.56. The summed E-state index contributed by atoms with van der Waals surface area (Å²) in [6.45, 7) is 1.72. The fourth-order valence-electron chi connectivity index (χ4n) is 2.93. The highest BCUT2D eigenvalue weighted by Gasteiger charge is 2.16. The zero-order valence-corrected chi connectivity index (χ0v) is 16.0. The molecule has 0 aliphatic heterocycles. The summed E-state index contributed by atoms with van der Waals surface area (Å²) in [6.07, 6.45) is 1.51. The molecular formula is C22H17FN4O3. The molecule has 0 aliphatic carbocycles. The zero-order valence-electron chi connectivity index (χ0n) is 16.0. The predicted octanol–water partition coefficient (Wildman–Crippen LogP) is 3.65. The SMILES string of the molecule is Cc1ccccc1NC(=O)Cn1cccc(-c2nc(-c3ccc(F)cc3)no2)c1=O. The largest absolute Gasteiger partial charge is 0.333 e. The van der Waals surface area contributed by atoms with Crippen molar-refractivity contribution in [3.05, 3.63) is 88.6 Å². The third-order valence-electron chi connectivity index (χ3n) is 4.51. The fraction of sp³-hybridized carbons (Fsp3) is 0.0909. The second kappa shape index (κ2) is 8.12. The van der Waals surface area contributed by atoms with Crippen LogP contribution >= 0.6 is 0 Å². The molecule has 2 heterocycles. The van der Waals surface area contributed by atoms with E-state index in [0.29, 0.717) is 11.3 Å². The summed E-state index contributed by atoms with van der Waals surface area (Å²) in [7, 11) is 0. The lowest BCUT2D eigenvalue weighted by atomic mass is 10.2. The van der Waals surface area contributed by atoms with Crippen LogP contribution in [0.5, 0.6) is 0 Å². The van der Waals surface area contributed by atoms with Gasteiger partial charge >= 0.3 is 0 Å². The van der Waals surface area contributed by atoms with Crippen molar-refractivity contribution in [1.82, 2.24) is 14.7 Å². The molecule has 0 saturated heterocycles. The summed E-state index contributed by atoms with van der Waals surface area (Å²) in [4.78, 5) is 29.4. The monoisotopic (exact) mass is 404 g/mol. The summed E-state index contributed by atoms with van der Waals surface area (Å²) in [5.41, 5.74) is 1.90. The molecule has 7 nitrogen and oxygen atoms in total. The Labute approximate surface area is 170 Å². The number of hydrogen-bond donors (Lipinski definition) is 1. The van der Waals surface area contributed by atoms with Crippen molar-refractivity contribution in [1.29, 1.82) is 0 Å². The first-order chi connectivity index (χ1) is 14.5. The van der Waals surface area contributed by atoms with Gasteiger partial charge in [0.25, 0.3) is 11.4 Å². The lowest BCUT2D eigenvalue weighted by Gasteiger charge is -2.09. The first kappa shape index (κ1) is 19.3. The highest BCUT2D eigenvalue weighted by molar-refractivity contribution is 5.91. The number of rotatable bonds is 5. The van der Waals surface area contributed by atoms with Crippen LogP contribution in [-0.4, -0.2) is 20.6 Å². The van der Waals surface area contributed by atoms with Crippen LogP contribution in [0.15, 0.2) is 76.2 Å². The quantitative estimate of drug-likeness (QED) is 0.548. The number of aromatic nitrogens is 3. The van der Waals surface area contributed by atoms with Gasteiger partial charge in [-0.3, -0.25) is 9.59 Å². The molecule has 0 atom stereocenters. The Kier molecular flexibility index (Phi) is 5.21. The number of benzene rings is 2. The van der Waals surface area contributed by atoms with Crippen molar-refractivity contribution in [2.24, 2.45) is 0 Å². The highest BCUT2D eigenvalue weighted by Crippen LogP contribution is 2.20. The molecule has 1 amide bonds. The Bertz CT molecular complexity index is 1260. The number of nitrogens with zero attached hydrogens (tertiary/aromatic N) is 3. The third-order valence-corrected chi connectivity index (χ3v) is 4.51. The number of carbonyl (C=O) groups is 1. The summed E-state index contributed by atoms with van der Waals surface area (Å²) in [6, 6.07) is 16.2. The molecule has 0 aliphatic rings. The van der Waals surface area contributed by atoms with Crippen LogP contribution in [-0.2, 0) is 11.3 Å². The summed E-state index contributed by atoms with van der Waals surface area (Å²) in [5.74, 6) is -0.455. The maximum absolute atomic E-state index is 13.1. The van der Waals surface area contributed by atoms with Gasteiger partial charge in [0.05, 0.1) is 0 Å². The number of aryl methyl sites for hydroxylation is 1. The van der Waals surface area contributed by atoms with Gasteiger partial charge in [0.1, 0.15) is 17.9 Å². The lowest BCUT2D eigenvalue weighted by Crippen LogP contribution is -2.28. The molecular weight excluding hydrogens is 387 g/mol. The first-order valence-electron chi connectivity index (χ1n) is 9.16. The van der Waals surface area contributed by atoms with Crippen LogP contribution < -0.4 is 10.9 Å². The third kappa shape index (κ3) is 4.02. The van der Waals surface area contributed by atoms with Crippen LogP contribution in [0, 0.1) is 12.7 Å². The minimum Gasteiger partial charge on any atom is -0.333 e. The lowest BCUT2D eigenvalue weighted by molar-refractivity contribution is -0.116. The Morgan fingerprint density at radius 3 is 2.63 bits per heavy atom. The van der Waals surface area contributed by atoms with Gasteiger partial charge in [-0.05, 0) is 55.0 Å². The van der Waals surface area contributed by atoms with E-state index in [2.05, 4.69) is 15.5 Å². The fourth-order valence-corrected chi connectivity index (χ4v) is 2.93. The Morgan fingerprint density at radius 2 is 1.87 bits per heavy atom. The van der Waals surface area contributed by atoms with Gasteiger partial charge in [0.15, 0.2) is 0 Å². The molecule has 0 bridgehead atoms. The van der Waals surface area contributed by atoms with E-state index in [4.69, 9.17) is 4.52 Å². The van der Waals surface area contributed by atoms with Crippen LogP contribution in [0.2, 0.25) is 0 Å². The topological polar surface area (TPSA) is 90.0 Å². The van der Waals surface area contributed by atoms with Gasteiger partial charge in [0, 0.05) is 17.4 Å². The molecule has 0 radical (unpaired) electrons. The molecule has 2 aromatic heterocycles. The van der Waals surface area contributed by atoms with E-state index in [-0.39, 0.29) is 35.5 Å². The van der Waals surface area contributed by atoms with Gasteiger partial charge in [0.2, 0.25) is 11.7 Å². The minimum atomic E-state index is -0.438.